The lowest BCUT2D eigenvalue weighted by molar-refractivity contribution is -0.134. The van der Waals surface area contributed by atoms with Gasteiger partial charge in [-0.25, -0.2) is 14.6 Å². The molecule has 0 spiro atoms. The Balaban J connectivity index is 0.000000366. The number of carboxylic acid groups (broad SMARTS) is 2. The van der Waals surface area contributed by atoms with Crippen molar-refractivity contribution in [2.75, 3.05) is 27.2 Å². The minimum absolute atomic E-state index is 0.0134. The lowest BCUT2D eigenvalue weighted by Crippen LogP contribution is -2.45. The molecule has 2 aliphatic rings. The van der Waals surface area contributed by atoms with Gasteiger partial charge in [0.2, 0.25) is 5.88 Å². The van der Waals surface area contributed by atoms with E-state index in [1.807, 2.05) is 12.1 Å². The Hall–Kier alpha value is -2.94. The zero-order valence-electron chi connectivity index (χ0n) is 18.1. The summed E-state index contributed by atoms with van der Waals surface area (Å²) < 4.78 is 6.10. The quantitative estimate of drug-likeness (QED) is 0.656. The van der Waals surface area contributed by atoms with Crippen LogP contribution in [0.1, 0.15) is 48.9 Å². The van der Waals surface area contributed by atoms with E-state index in [1.54, 1.807) is 6.20 Å². The number of carbonyl (C=O) groups is 3. The molecule has 1 amide bonds. The van der Waals surface area contributed by atoms with Crippen molar-refractivity contribution in [2.24, 2.45) is 0 Å². The number of fused-ring (bicyclic) bond motifs is 1. The van der Waals surface area contributed by atoms with E-state index in [2.05, 4.69) is 28.9 Å². The molecule has 0 bridgehead atoms. The molecule has 1 atom stereocenters. The molecule has 9 nitrogen and oxygen atoms in total. The normalized spacial score (nSPS) is 19.3. The van der Waals surface area contributed by atoms with Gasteiger partial charge < -0.3 is 24.7 Å². The van der Waals surface area contributed by atoms with Crippen LogP contribution in [-0.4, -0.2) is 82.2 Å². The Kier molecular flexibility index (Phi) is 9.45. The Bertz CT molecular complexity index is 773. The minimum atomic E-state index is -1.26. The van der Waals surface area contributed by atoms with E-state index in [4.69, 9.17) is 14.9 Å². The van der Waals surface area contributed by atoms with Crippen molar-refractivity contribution in [1.82, 2.24) is 14.8 Å². The van der Waals surface area contributed by atoms with Gasteiger partial charge >= 0.3 is 11.9 Å². The number of carboxylic acids is 2. The highest BCUT2D eigenvalue weighted by Gasteiger charge is 2.34. The van der Waals surface area contributed by atoms with Crippen molar-refractivity contribution in [2.45, 2.75) is 50.7 Å². The first-order valence-electron chi connectivity index (χ1n) is 10.5. The second-order valence-electron chi connectivity index (χ2n) is 7.95. The second-order valence-corrected chi connectivity index (χ2v) is 7.95. The number of hydrogen-bond acceptors (Lipinski definition) is 6. The number of aromatic nitrogens is 1. The van der Waals surface area contributed by atoms with Crippen LogP contribution >= 0.6 is 0 Å². The highest BCUT2D eigenvalue weighted by molar-refractivity contribution is 5.97. The molecule has 1 fully saturated rings. The molecule has 2 heterocycles. The summed E-state index contributed by atoms with van der Waals surface area (Å²) in [7, 11) is 4.12. The zero-order valence-corrected chi connectivity index (χ0v) is 18.1. The smallest absolute Gasteiger partial charge is 0.328 e. The minimum Gasteiger partial charge on any atom is -0.478 e. The maximum absolute atomic E-state index is 13.0. The molecule has 31 heavy (non-hydrogen) atoms. The average Bonchev–Trinajstić information content (AvgIpc) is 2.88. The molecule has 2 N–H and O–H groups in total. The second kappa shape index (κ2) is 12.0. The summed E-state index contributed by atoms with van der Waals surface area (Å²) >= 11 is 0. The third kappa shape index (κ3) is 8.01. The standard InChI is InChI=1S/C18H27N3O2.C4H4O4/c1-20(2)12-10-15-13-21(14-7-4-3-5-8-14)18(22)16-9-6-11-19-17(16)23-15;5-3(6)1-2-4(7)8/h6,9,11,14-15H,3-5,7-8,10,12-13H2,1-2H3;1-2H,(H,5,6)(H,7,8). The first-order valence-corrected chi connectivity index (χ1v) is 10.5. The molecule has 1 aliphatic carbocycles. The van der Waals surface area contributed by atoms with E-state index in [1.165, 1.54) is 19.3 Å². The molecule has 1 unspecified atom stereocenters. The zero-order chi connectivity index (χ0) is 22.8. The van der Waals surface area contributed by atoms with Crippen LogP contribution in [0.15, 0.2) is 30.5 Å². The first kappa shape index (κ1) is 24.3. The molecule has 0 radical (unpaired) electrons. The maximum atomic E-state index is 13.0. The van der Waals surface area contributed by atoms with Crippen LogP contribution in [0.4, 0.5) is 0 Å². The molecule has 0 aromatic carbocycles. The molecule has 1 aliphatic heterocycles. The number of amides is 1. The molecule has 170 valence electrons. The molecule has 1 aromatic heterocycles. The van der Waals surface area contributed by atoms with E-state index < -0.39 is 11.9 Å². The molecular formula is C22H31N3O6. The number of aliphatic carboxylic acids is 2. The fraction of sp³-hybridized carbons (Fsp3) is 0.545. The lowest BCUT2D eigenvalue weighted by atomic mass is 9.93. The van der Waals surface area contributed by atoms with Gasteiger partial charge in [-0.3, -0.25) is 4.79 Å². The average molecular weight is 434 g/mol. The van der Waals surface area contributed by atoms with Crippen molar-refractivity contribution in [1.29, 1.82) is 0 Å². The number of pyridine rings is 1. The van der Waals surface area contributed by atoms with E-state index >= 15 is 0 Å². The summed E-state index contributed by atoms with van der Waals surface area (Å²) in [6, 6.07) is 4.02. The van der Waals surface area contributed by atoms with E-state index in [0.717, 1.165) is 25.8 Å². The van der Waals surface area contributed by atoms with Crippen molar-refractivity contribution < 1.29 is 29.3 Å². The largest absolute Gasteiger partial charge is 0.478 e. The summed E-state index contributed by atoms with van der Waals surface area (Å²) in [5.74, 6) is -1.92. The Morgan fingerprint density at radius 1 is 1.19 bits per heavy atom. The third-order valence-electron chi connectivity index (χ3n) is 5.22. The SMILES string of the molecule is CN(C)CCC1CN(C2CCCCC2)C(=O)c2cccnc2O1.O=C(O)C=CC(=O)O. The number of ether oxygens (including phenoxy) is 1. The van der Waals surface area contributed by atoms with E-state index in [0.29, 0.717) is 36.2 Å². The van der Waals surface area contributed by atoms with Crippen LogP contribution in [0.25, 0.3) is 0 Å². The van der Waals surface area contributed by atoms with Crippen molar-refractivity contribution in [3.63, 3.8) is 0 Å². The summed E-state index contributed by atoms with van der Waals surface area (Å²) in [6.45, 7) is 1.62. The fourth-order valence-corrected chi connectivity index (χ4v) is 3.70. The van der Waals surface area contributed by atoms with Crippen molar-refractivity contribution in [3.8, 4) is 5.88 Å². The van der Waals surface area contributed by atoms with Crippen molar-refractivity contribution >= 4 is 17.8 Å². The topological polar surface area (TPSA) is 120 Å². The number of rotatable bonds is 6. The molecule has 0 saturated heterocycles. The number of nitrogens with zero attached hydrogens (tertiary/aromatic N) is 3. The first-order chi connectivity index (χ1) is 14.8. The number of carbonyl (C=O) groups excluding carboxylic acids is 1. The Labute approximate surface area is 182 Å². The Morgan fingerprint density at radius 3 is 2.42 bits per heavy atom. The molecule has 1 aromatic rings. The van der Waals surface area contributed by atoms with Crippen LogP contribution in [0, 0.1) is 0 Å². The maximum Gasteiger partial charge on any atom is 0.328 e. The van der Waals surface area contributed by atoms with Crippen LogP contribution in [0.2, 0.25) is 0 Å². The number of hydrogen-bond donors (Lipinski definition) is 2. The molecule has 9 heteroatoms. The van der Waals surface area contributed by atoms with E-state index in [-0.39, 0.29) is 12.0 Å². The van der Waals surface area contributed by atoms with Crippen LogP contribution in [-0.2, 0) is 9.59 Å². The molecular weight excluding hydrogens is 402 g/mol. The van der Waals surface area contributed by atoms with E-state index in [9.17, 15) is 14.4 Å². The van der Waals surface area contributed by atoms with Crippen LogP contribution in [0.5, 0.6) is 5.88 Å². The lowest BCUT2D eigenvalue weighted by Gasteiger charge is -2.34. The predicted octanol–water partition coefficient (Wildman–Crippen LogP) is 2.28. The fourth-order valence-electron chi connectivity index (χ4n) is 3.70. The van der Waals surface area contributed by atoms with Gasteiger partial charge in [0.05, 0.1) is 6.54 Å². The van der Waals surface area contributed by atoms with Gasteiger partial charge in [0.25, 0.3) is 5.91 Å². The monoisotopic (exact) mass is 433 g/mol. The third-order valence-corrected chi connectivity index (χ3v) is 5.22. The van der Waals surface area contributed by atoms with Gasteiger partial charge in [0, 0.05) is 30.9 Å². The van der Waals surface area contributed by atoms with Gasteiger partial charge in [0.15, 0.2) is 0 Å². The summed E-state index contributed by atoms with van der Waals surface area (Å²) in [4.78, 5) is 40.6. The highest BCUT2D eigenvalue weighted by atomic mass is 16.5. The van der Waals surface area contributed by atoms with Gasteiger partial charge in [-0.15, -0.1) is 0 Å². The van der Waals surface area contributed by atoms with Crippen LogP contribution in [0.3, 0.4) is 0 Å². The van der Waals surface area contributed by atoms with Gasteiger partial charge in [-0.1, -0.05) is 19.3 Å². The highest BCUT2D eigenvalue weighted by Crippen LogP contribution is 2.29. The summed E-state index contributed by atoms with van der Waals surface area (Å²) in [6.07, 6.45) is 9.69. The summed E-state index contributed by atoms with van der Waals surface area (Å²) in [5, 5.41) is 15.6. The van der Waals surface area contributed by atoms with Gasteiger partial charge in [-0.2, -0.15) is 0 Å². The van der Waals surface area contributed by atoms with Crippen LogP contribution < -0.4 is 4.74 Å². The summed E-state index contributed by atoms with van der Waals surface area (Å²) in [5.41, 5.74) is 0.616. The molecule has 3 rings (SSSR count). The van der Waals surface area contributed by atoms with Gasteiger partial charge in [0.1, 0.15) is 11.7 Å². The van der Waals surface area contributed by atoms with Gasteiger partial charge in [-0.05, 0) is 45.5 Å². The molecule has 1 saturated carbocycles. The predicted molar refractivity (Wildman–Crippen MR) is 114 cm³/mol. The Morgan fingerprint density at radius 2 is 1.84 bits per heavy atom. The van der Waals surface area contributed by atoms with Crippen molar-refractivity contribution in [3.05, 3.63) is 36.0 Å².